The molecule has 0 aliphatic heterocycles. The number of rotatable bonds is 6. The number of hydrogen-bond acceptors (Lipinski definition) is 6. The normalized spacial score (nSPS) is 11.9. The van der Waals surface area contributed by atoms with Gasteiger partial charge in [0, 0.05) is 12.5 Å². The first kappa shape index (κ1) is 18.9. The predicted octanol–water partition coefficient (Wildman–Crippen LogP) is 1.72. The number of phenols is 3. The number of phenolic OH excluding ortho intramolecular Hbond substituents is 3. The molecule has 0 saturated heterocycles. The molecule has 0 aliphatic rings. The van der Waals surface area contributed by atoms with Gasteiger partial charge < -0.3 is 25.4 Å². The molecule has 0 saturated carbocycles. The summed E-state index contributed by atoms with van der Waals surface area (Å²) < 4.78 is 4.70. The fourth-order valence-corrected chi connectivity index (χ4v) is 2.24. The molecule has 2 aromatic carbocycles. The highest BCUT2D eigenvalue weighted by molar-refractivity contribution is 5.94. The lowest BCUT2D eigenvalue weighted by Crippen LogP contribution is -2.42. The second-order valence-electron chi connectivity index (χ2n) is 5.54. The van der Waals surface area contributed by atoms with Crippen LogP contribution in [0.25, 0.3) is 6.08 Å². The number of carbonyl (C=O) groups is 2. The summed E-state index contributed by atoms with van der Waals surface area (Å²) in [5.41, 5.74) is 1.24. The van der Waals surface area contributed by atoms with Crippen LogP contribution in [-0.4, -0.2) is 40.3 Å². The third-order valence-corrected chi connectivity index (χ3v) is 3.60. The first-order chi connectivity index (χ1) is 12.4. The minimum atomic E-state index is -0.957. The van der Waals surface area contributed by atoms with Crippen molar-refractivity contribution in [3.63, 3.8) is 0 Å². The number of esters is 1. The zero-order valence-corrected chi connectivity index (χ0v) is 14.0. The van der Waals surface area contributed by atoms with Crippen LogP contribution in [0.5, 0.6) is 17.2 Å². The van der Waals surface area contributed by atoms with E-state index < -0.39 is 17.9 Å². The van der Waals surface area contributed by atoms with E-state index >= 15 is 0 Å². The Hall–Kier alpha value is -3.48. The Morgan fingerprint density at radius 2 is 1.77 bits per heavy atom. The van der Waals surface area contributed by atoms with Gasteiger partial charge in [0.25, 0.3) is 0 Å². The first-order valence-electron chi connectivity index (χ1n) is 7.75. The van der Waals surface area contributed by atoms with Gasteiger partial charge in [-0.3, -0.25) is 4.79 Å². The number of nitrogens with one attached hydrogen (secondary N) is 1. The average Bonchev–Trinajstić information content (AvgIpc) is 2.63. The Morgan fingerprint density at radius 1 is 1.08 bits per heavy atom. The summed E-state index contributed by atoms with van der Waals surface area (Å²) in [6, 6.07) is 9.43. The van der Waals surface area contributed by atoms with Gasteiger partial charge in [0.05, 0.1) is 7.11 Å². The van der Waals surface area contributed by atoms with Gasteiger partial charge in [-0.2, -0.15) is 0 Å². The van der Waals surface area contributed by atoms with E-state index in [2.05, 4.69) is 5.32 Å². The van der Waals surface area contributed by atoms with Crippen molar-refractivity contribution in [1.82, 2.24) is 5.32 Å². The van der Waals surface area contributed by atoms with E-state index in [0.717, 1.165) is 0 Å². The molecule has 2 aromatic rings. The second kappa shape index (κ2) is 8.57. The van der Waals surface area contributed by atoms with E-state index in [1.54, 1.807) is 12.1 Å². The Morgan fingerprint density at radius 3 is 2.38 bits per heavy atom. The predicted molar refractivity (Wildman–Crippen MR) is 94.6 cm³/mol. The molecule has 0 aliphatic carbocycles. The monoisotopic (exact) mass is 357 g/mol. The van der Waals surface area contributed by atoms with Gasteiger partial charge in [0.1, 0.15) is 11.8 Å². The molecular weight excluding hydrogens is 338 g/mol. The van der Waals surface area contributed by atoms with E-state index in [1.165, 1.54) is 49.6 Å². The number of aromatic hydroxyl groups is 3. The second-order valence-corrected chi connectivity index (χ2v) is 5.54. The van der Waals surface area contributed by atoms with Crippen molar-refractivity contribution in [3.8, 4) is 17.2 Å². The van der Waals surface area contributed by atoms with Crippen LogP contribution in [0.15, 0.2) is 48.5 Å². The fourth-order valence-electron chi connectivity index (χ4n) is 2.24. The quantitative estimate of drug-likeness (QED) is 0.355. The maximum Gasteiger partial charge on any atom is 0.328 e. The van der Waals surface area contributed by atoms with Gasteiger partial charge >= 0.3 is 5.97 Å². The summed E-state index contributed by atoms with van der Waals surface area (Å²) in [5, 5.41) is 30.6. The molecule has 7 nitrogen and oxygen atoms in total. The maximum absolute atomic E-state index is 12.1. The van der Waals surface area contributed by atoms with E-state index in [0.29, 0.717) is 11.1 Å². The summed E-state index contributed by atoms with van der Waals surface area (Å²) in [4.78, 5) is 24.0. The van der Waals surface area contributed by atoms with Crippen molar-refractivity contribution < 1.29 is 29.6 Å². The lowest BCUT2D eigenvalue weighted by molar-refractivity contribution is -0.144. The summed E-state index contributed by atoms with van der Waals surface area (Å²) in [5.74, 6) is -1.61. The van der Waals surface area contributed by atoms with Crippen molar-refractivity contribution >= 4 is 18.0 Å². The van der Waals surface area contributed by atoms with E-state index in [4.69, 9.17) is 4.74 Å². The SMILES string of the molecule is COC(=O)[C@H](Cc1ccc(O)c(O)c1)NC(=O)/C=C/c1ccc(O)cc1. The Balaban J connectivity index is 2.06. The molecule has 0 heterocycles. The van der Waals surface area contributed by atoms with Crippen LogP contribution in [-0.2, 0) is 20.7 Å². The van der Waals surface area contributed by atoms with E-state index in [9.17, 15) is 24.9 Å². The molecule has 0 radical (unpaired) electrons. The molecule has 26 heavy (non-hydrogen) atoms. The number of methoxy groups -OCH3 is 1. The molecule has 4 N–H and O–H groups in total. The number of hydrogen-bond donors (Lipinski definition) is 4. The van der Waals surface area contributed by atoms with Gasteiger partial charge in [0.15, 0.2) is 11.5 Å². The van der Waals surface area contributed by atoms with Crippen molar-refractivity contribution in [1.29, 1.82) is 0 Å². The van der Waals surface area contributed by atoms with Crippen molar-refractivity contribution in [2.45, 2.75) is 12.5 Å². The van der Waals surface area contributed by atoms with Crippen LogP contribution >= 0.6 is 0 Å². The summed E-state index contributed by atoms with van der Waals surface area (Å²) in [7, 11) is 1.21. The smallest absolute Gasteiger partial charge is 0.328 e. The van der Waals surface area contributed by atoms with Crippen molar-refractivity contribution in [3.05, 3.63) is 59.7 Å². The van der Waals surface area contributed by atoms with Crippen LogP contribution in [0.3, 0.4) is 0 Å². The molecule has 1 amide bonds. The zero-order chi connectivity index (χ0) is 19.1. The number of amides is 1. The van der Waals surface area contributed by atoms with Gasteiger partial charge in [-0.25, -0.2) is 4.79 Å². The molecule has 7 heteroatoms. The molecular formula is C19H19NO6. The lowest BCUT2D eigenvalue weighted by atomic mass is 10.1. The zero-order valence-electron chi connectivity index (χ0n) is 14.0. The molecule has 0 fully saturated rings. The molecule has 0 bridgehead atoms. The molecule has 0 unspecified atom stereocenters. The minimum Gasteiger partial charge on any atom is -0.508 e. The van der Waals surface area contributed by atoms with Crippen LogP contribution in [0, 0.1) is 0 Å². The highest BCUT2D eigenvalue weighted by Crippen LogP contribution is 2.25. The number of carbonyl (C=O) groups excluding carboxylic acids is 2. The summed E-state index contributed by atoms with van der Waals surface area (Å²) in [6.07, 6.45) is 2.88. The molecule has 0 aromatic heterocycles. The van der Waals surface area contributed by atoms with Gasteiger partial charge in [-0.05, 0) is 41.5 Å². The Kier molecular flexibility index (Phi) is 6.21. The van der Waals surface area contributed by atoms with Crippen molar-refractivity contribution in [2.75, 3.05) is 7.11 Å². The molecule has 0 spiro atoms. The van der Waals surface area contributed by atoms with Gasteiger partial charge in [0.2, 0.25) is 5.91 Å². The number of benzene rings is 2. The first-order valence-corrected chi connectivity index (χ1v) is 7.75. The largest absolute Gasteiger partial charge is 0.508 e. The highest BCUT2D eigenvalue weighted by atomic mass is 16.5. The van der Waals surface area contributed by atoms with Gasteiger partial charge in [-0.15, -0.1) is 0 Å². The maximum atomic E-state index is 12.1. The Bertz CT molecular complexity index is 813. The average molecular weight is 357 g/mol. The molecule has 2 rings (SSSR count). The molecule has 136 valence electrons. The van der Waals surface area contributed by atoms with Crippen LogP contribution in [0.2, 0.25) is 0 Å². The van der Waals surface area contributed by atoms with E-state index in [-0.39, 0.29) is 23.7 Å². The van der Waals surface area contributed by atoms with Crippen LogP contribution in [0.1, 0.15) is 11.1 Å². The Labute approximate surface area is 150 Å². The third-order valence-electron chi connectivity index (χ3n) is 3.60. The standard InChI is InChI=1S/C19H19NO6/c1-26-19(25)15(10-13-4-8-16(22)17(23)11-13)20-18(24)9-5-12-2-6-14(21)7-3-12/h2-9,11,15,21-23H,10H2,1H3,(H,20,24)/b9-5+/t15-/m0/s1. The van der Waals surface area contributed by atoms with E-state index in [1.807, 2.05) is 0 Å². The third kappa shape index (κ3) is 5.27. The topological polar surface area (TPSA) is 116 Å². The highest BCUT2D eigenvalue weighted by Gasteiger charge is 2.21. The summed E-state index contributed by atoms with van der Waals surface area (Å²) in [6.45, 7) is 0. The van der Waals surface area contributed by atoms with Gasteiger partial charge in [-0.1, -0.05) is 18.2 Å². The fraction of sp³-hybridized carbons (Fsp3) is 0.158. The van der Waals surface area contributed by atoms with Crippen LogP contribution < -0.4 is 5.32 Å². The van der Waals surface area contributed by atoms with Crippen molar-refractivity contribution in [2.24, 2.45) is 0 Å². The lowest BCUT2D eigenvalue weighted by Gasteiger charge is -2.16. The molecule has 1 atom stereocenters. The summed E-state index contributed by atoms with van der Waals surface area (Å²) >= 11 is 0. The minimum absolute atomic E-state index is 0.0826. The van der Waals surface area contributed by atoms with Crippen LogP contribution in [0.4, 0.5) is 0 Å². The number of ether oxygens (including phenoxy) is 1.